The molecule has 126 valence electrons. The van der Waals surface area contributed by atoms with E-state index in [4.69, 9.17) is 16.3 Å². The van der Waals surface area contributed by atoms with Crippen molar-refractivity contribution in [2.24, 2.45) is 0 Å². The number of aryl methyl sites for hydroxylation is 2. The van der Waals surface area contributed by atoms with Crippen LogP contribution in [0.3, 0.4) is 0 Å². The molecule has 0 bridgehead atoms. The molecule has 7 heteroatoms. The van der Waals surface area contributed by atoms with Crippen LogP contribution in [0.25, 0.3) is 0 Å². The first-order chi connectivity index (χ1) is 11.4. The number of hydrogen-bond donors (Lipinski definition) is 1. The van der Waals surface area contributed by atoms with E-state index >= 15 is 0 Å². The van der Waals surface area contributed by atoms with E-state index in [0.29, 0.717) is 5.69 Å². The Labute approximate surface area is 144 Å². The van der Waals surface area contributed by atoms with Crippen LogP contribution >= 0.6 is 11.6 Å². The van der Waals surface area contributed by atoms with Gasteiger partial charge in [-0.2, -0.15) is 0 Å². The number of ether oxygens (including phenoxy) is 1. The molecule has 0 atom stereocenters. The van der Waals surface area contributed by atoms with Crippen molar-refractivity contribution in [2.75, 3.05) is 11.9 Å². The Bertz CT molecular complexity index is 777. The zero-order valence-electron chi connectivity index (χ0n) is 13.3. The van der Waals surface area contributed by atoms with E-state index < -0.39 is 4.92 Å². The van der Waals surface area contributed by atoms with Gasteiger partial charge in [-0.05, 0) is 37.6 Å². The van der Waals surface area contributed by atoms with E-state index in [1.54, 1.807) is 0 Å². The van der Waals surface area contributed by atoms with Crippen LogP contribution in [-0.2, 0) is 4.79 Å². The van der Waals surface area contributed by atoms with Crippen LogP contribution in [0.2, 0.25) is 5.02 Å². The summed E-state index contributed by atoms with van der Waals surface area (Å²) in [6.07, 6.45) is 0.129. The molecule has 0 aliphatic rings. The average molecular weight is 349 g/mol. The summed E-state index contributed by atoms with van der Waals surface area (Å²) in [7, 11) is 0. The van der Waals surface area contributed by atoms with Gasteiger partial charge in [0.25, 0.3) is 5.69 Å². The highest BCUT2D eigenvalue weighted by Gasteiger charge is 2.14. The maximum absolute atomic E-state index is 11.9. The molecule has 0 aliphatic carbocycles. The summed E-state index contributed by atoms with van der Waals surface area (Å²) in [5.41, 5.74) is 2.22. The lowest BCUT2D eigenvalue weighted by molar-refractivity contribution is -0.384. The predicted molar refractivity (Wildman–Crippen MR) is 92.8 cm³/mol. The van der Waals surface area contributed by atoms with Crippen molar-refractivity contribution in [3.8, 4) is 5.75 Å². The van der Waals surface area contributed by atoms with Crippen molar-refractivity contribution >= 4 is 28.9 Å². The van der Waals surface area contributed by atoms with Gasteiger partial charge in [-0.1, -0.05) is 29.3 Å². The molecule has 1 N–H and O–H groups in total. The highest BCUT2D eigenvalue weighted by Crippen LogP contribution is 2.27. The first kappa shape index (κ1) is 17.7. The third kappa shape index (κ3) is 4.70. The van der Waals surface area contributed by atoms with Crippen molar-refractivity contribution in [3.63, 3.8) is 0 Å². The fraction of sp³-hybridized carbons (Fsp3) is 0.235. The fourth-order valence-corrected chi connectivity index (χ4v) is 2.36. The average Bonchev–Trinajstić information content (AvgIpc) is 2.51. The van der Waals surface area contributed by atoms with Crippen molar-refractivity contribution in [2.45, 2.75) is 20.3 Å². The Balaban J connectivity index is 1.89. The van der Waals surface area contributed by atoms with Crippen molar-refractivity contribution in [3.05, 3.63) is 62.7 Å². The second kappa shape index (κ2) is 7.79. The number of anilines is 1. The first-order valence-corrected chi connectivity index (χ1v) is 7.68. The number of halogens is 1. The lowest BCUT2D eigenvalue weighted by atomic mass is 10.1. The van der Waals surface area contributed by atoms with Gasteiger partial charge in [0.15, 0.2) is 0 Å². The topological polar surface area (TPSA) is 81.5 Å². The monoisotopic (exact) mass is 348 g/mol. The summed E-state index contributed by atoms with van der Waals surface area (Å²) in [5, 5.41) is 13.4. The van der Waals surface area contributed by atoms with Gasteiger partial charge in [0.2, 0.25) is 5.91 Å². The molecule has 0 aliphatic heterocycles. The molecule has 0 radical (unpaired) electrons. The molecule has 1 amide bonds. The number of rotatable bonds is 6. The Morgan fingerprint density at radius 3 is 2.67 bits per heavy atom. The number of carbonyl (C=O) groups excluding carboxylic acids is 1. The molecule has 0 fully saturated rings. The fourth-order valence-electron chi connectivity index (χ4n) is 2.17. The van der Waals surface area contributed by atoms with Gasteiger partial charge >= 0.3 is 0 Å². The zero-order valence-corrected chi connectivity index (χ0v) is 14.1. The smallest absolute Gasteiger partial charge is 0.289 e. The van der Waals surface area contributed by atoms with E-state index in [2.05, 4.69) is 5.32 Å². The van der Waals surface area contributed by atoms with E-state index in [9.17, 15) is 14.9 Å². The molecular weight excluding hydrogens is 332 g/mol. The van der Waals surface area contributed by atoms with Gasteiger partial charge in [0.1, 0.15) is 10.8 Å². The van der Waals surface area contributed by atoms with Crippen LogP contribution in [0.1, 0.15) is 17.5 Å². The summed E-state index contributed by atoms with van der Waals surface area (Å²) >= 11 is 5.73. The minimum Gasteiger partial charge on any atom is -0.493 e. The predicted octanol–water partition coefficient (Wildman–Crippen LogP) is 4.27. The van der Waals surface area contributed by atoms with Crippen LogP contribution in [0.15, 0.2) is 36.4 Å². The summed E-state index contributed by atoms with van der Waals surface area (Å²) in [6, 6.07) is 9.92. The lowest BCUT2D eigenvalue weighted by Crippen LogP contribution is -2.15. The number of benzene rings is 2. The van der Waals surface area contributed by atoms with Crippen molar-refractivity contribution in [1.82, 2.24) is 0 Å². The van der Waals surface area contributed by atoms with Crippen LogP contribution < -0.4 is 10.1 Å². The Hall–Kier alpha value is -2.60. The number of nitro groups is 1. The third-order valence-electron chi connectivity index (χ3n) is 3.34. The van der Waals surface area contributed by atoms with E-state index in [1.807, 2.05) is 32.0 Å². The van der Waals surface area contributed by atoms with Gasteiger partial charge < -0.3 is 10.1 Å². The molecule has 0 aromatic heterocycles. The number of carbonyl (C=O) groups is 1. The Kier molecular flexibility index (Phi) is 5.76. The molecule has 2 aromatic carbocycles. The minimum absolute atomic E-state index is 0.0242. The molecule has 0 heterocycles. The number of nitro benzene ring substituents is 1. The summed E-state index contributed by atoms with van der Waals surface area (Å²) < 4.78 is 5.59. The van der Waals surface area contributed by atoms with E-state index in [-0.39, 0.29) is 29.6 Å². The lowest BCUT2D eigenvalue weighted by Gasteiger charge is -2.10. The summed E-state index contributed by atoms with van der Waals surface area (Å²) in [4.78, 5) is 22.2. The quantitative estimate of drug-likeness (QED) is 0.624. The molecular formula is C17H17ClN2O4. The number of hydrogen-bond acceptors (Lipinski definition) is 4. The number of amides is 1. The molecule has 2 aromatic rings. The van der Waals surface area contributed by atoms with Crippen molar-refractivity contribution in [1.29, 1.82) is 0 Å². The standard InChI is InChI=1S/C17H17ClN2O4/c1-11-3-6-16(12(2)9-11)24-8-7-17(21)19-13-4-5-14(18)15(10-13)20(22)23/h3-6,9-10H,7-8H2,1-2H3,(H,19,21). The minimum atomic E-state index is -0.596. The maximum atomic E-state index is 11.9. The zero-order chi connectivity index (χ0) is 17.7. The van der Waals surface area contributed by atoms with Gasteiger partial charge in [0.05, 0.1) is 18.0 Å². The molecule has 6 nitrogen and oxygen atoms in total. The Morgan fingerprint density at radius 1 is 1.25 bits per heavy atom. The van der Waals surface area contributed by atoms with Crippen LogP contribution in [0.4, 0.5) is 11.4 Å². The summed E-state index contributed by atoms with van der Waals surface area (Å²) in [6.45, 7) is 4.15. The molecule has 0 saturated carbocycles. The highest BCUT2D eigenvalue weighted by atomic mass is 35.5. The van der Waals surface area contributed by atoms with Gasteiger partial charge in [0, 0.05) is 11.8 Å². The van der Waals surface area contributed by atoms with Gasteiger partial charge in [-0.25, -0.2) is 0 Å². The largest absolute Gasteiger partial charge is 0.493 e. The second-order valence-corrected chi connectivity index (χ2v) is 5.75. The molecule has 0 saturated heterocycles. The SMILES string of the molecule is Cc1ccc(OCCC(=O)Nc2ccc(Cl)c([N+](=O)[O-])c2)c(C)c1. The summed E-state index contributed by atoms with van der Waals surface area (Å²) in [5.74, 6) is 0.437. The first-order valence-electron chi connectivity index (χ1n) is 7.30. The van der Waals surface area contributed by atoms with Crippen LogP contribution in [0, 0.1) is 24.0 Å². The number of nitrogens with zero attached hydrogens (tertiary/aromatic N) is 1. The molecule has 0 unspecified atom stereocenters. The third-order valence-corrected chi connectivity index (χ3v) is 3.66. The van der Waals surface area contributed by atoms with Gasteiger partial charge in [-0.3, -0.25) is 14.9 Å². The highest BCUT2D eigenvalue weighted by molar-refractivity contribution is 6.32. The Morgan fingerprint density at radius 2 is 2.00 bits per heavy atom. The van der Waals surface area contributed by atoms with E-state index in [1.165, 1.54) is 18.2 Å². The molecule has 2 rings (SSSR count). The molecule has 24 heavy (non-hydrogen) atoms. The van der Waals surface area contributed by atoms with Gasteiger partial charge in [-0.15, -0.1) is 0 Å². The van der Waals surface area contributed by atoms with Crippen LogP contribution in [0.5, 0.6) is 5.75 Å². The normalized spacial score (nSPS) is 10.3. The molecule has 0 spiro atoms. The van der Waals surface area contributed by atoms with Crippen molar-refractivity contribution < 1.29 is 14.5 Å². The maximum Gasteiger partial charge on any atom is 0.289 e. The second-order valence-electron chi connectivity index (χ2n) is 5.34. The van der Waals surface area contributed by atoms with Crippen LogP contribution in [-0.4, -0.2) is 17.4 Å². The number of nitrogens with one attached hydrogen (secondary N) is 1. The van der Waals surface area contributed by atoms with E-state index in [0.717, 1.165) is 16.9 Å².